The minimum atomic E-state index is 0.170. The van der Waals surface area contributed by atoms with Crippen molar-refractivity contribution in [2.75, 3.05) is 26.2 Å². The summed E-state index contributed by atoms with van der Waals surface area (Å²) in [5.74, 6) is 0.814. The van der Waals surface area contributed by atoms with E-state index in [2.05, 4.69) is 10.6 Å². The highest BCUT2D eigenvalue weighted by molar-refractivity contribution is 6.42. The Hall–Kier alpha value is -1.30. The van der Waals surface area contributed by atoms with Crippen molar-refractivity contribution in [2.45, 2.75) is 13.2 Å². The number of ether oxygens (including phenoxy) is 1. The molecular formula is C18H22Cl2N2O2. The molecule has 0 saturated heterocycles. The number of hydrogen-bond donors (Lipinski definition) is 3. The van der Waals surface area contributed by atoms with Gasteiger partial charge in [0.15, 0.2) is 0 Å². The summed E-state index contributed by atoms with van der Waals surface area (Å²) in [5, 5.41) is 16.2. The molecule has 0 bridgehead atoms. The highest BCUT2D eigenvalue weighted by Crippen LogP contribution is 2.23. The van der Waals surface area contributed by atoms with Crippen LogP contribution in [0.3, 0.4) is 0 Å². The van der Waals surface area contributed by atoms with E-state index in [4.69, 9.17) is 33.0 Å². The zero-order chi connectivity index (χ0) is 17.2. The van der Waals surface area contributed by atoms with Crippen LogP contribution in [-0.2, 0) is 13.2 Å². The number of aliphatic hydroxyl groups excluding tert-OH is 1. The summed E-state index contributed by atoms with van der Waals surface area (Å²) in [7, 11) is 0. The van der Waals surface area contributed by atoms with Crippen LogP contribution in [0.4, 0.5) is 0 Å². The van der Waals surface area contributed by atoms with E-state index >= 15 is 0 Å². The maximum atomic E-state index is 8.66. The van der Waals surface area contributed by atoms with Crippen LogP contribution in [0.15, 0.2) is 42.5 Å². The second-order valence-electron chi connectivity index (χ2n) is 5.33. The molecule has 0 amide bonds. The van der Waals surface area contributed by atoms with Gasteiger partial charge in [0.05, 0.1) is 16.7 Å². The topological polar surface area (TPSA) is 53.5 Å². The fourth-order valence-corrected chi connectivity index (χ4v) is 2.43. The van der Waals surface area contributed by atoms with E-state index < -0.39 is 0 Å². The van der Waals surface area contributed by atoms with Gasteiger partial charge in [0.1, 0.15) is 12.4 Å². The molecule has 4 nitrogen and oxygen atoms in total. The molecule has 3 N–H and O–H groups in total. The van der Waals surface area contributed by atoms with Crippen molar-refractivity contribution in [1.82, 2.24) is 10.6 Å². The minimum Gasteiger partial charge on any atom is -0.489 e. The van der Waals surface area contributed by atoms with E-state index in [1.807, 2.05) is 36.4 Å². The Morgan fingerprint density at radius 1 is 0.833 bits per heavy atom. The van der Waals surface area contributed by atoms with Crippen molar-refractivity contribution in [3.8, 4) is 5.75 Å². The summed E-state index contributed by atoms with van der Waals surface area (Å²) in [6.07, 6.45) is 0. The maximum Gasteiger partial charge on any atom is 0.119 e. The first-order valence-electron chi connectivity index (χ1n) is 7.87. The lowest BCUT2D eigenvalue weighted by atomic mass is 10.2. The van der Waals surface area contributed by atoms with Gasteiger partial charge in [-0.15, -0.1) is 0 Å². The van der Waals surface area contributed by atoms with Crippen LogP contribution in [0.1, 0.15) is 11.1 Å². The molecular weight excluding hydrogens is 347 g/mol. The Bertz CT molecular complexity index is 621. The average Bonchev–Trinajstić information content (AvgIpc) is 2.60. The predicted octanol–water partition coefficient (Wildman–Crippen LogP) is 3.24. The molecule has 0 radical (unpaired) electrons. The van der Waals surface area contributed by atoms with Crippen molar-refractivity contribution in [1.29, 1.82) is 0 Å². The lowest BCUT2D eigenvalue weighted by molar-refractivity contribution is 0.292. The molecule has 2 rings (SSSR count). The SMILES string of the molecule is OCCNCCNCc1ccc(OCc2ccc(Cl)c(Cl)c2)cc1. The summed E-state index contributed by atoms with van der Waals surface area (Å²) in [6, 6.07) is 13.5. The molecule has 0 aromatic heterocycles. The van der Waals surface area contributed by atoms with Gasteiger partial charge in [0.25, 0.3) is 0 Å². The summed E-state index contributed by atoms with van der Waals surface area (Å²) in [6.45, 7) is 3.75. The second kappa shape index (κ2) is 10.5. The fourth-order valence-electron chi connectivity index (χ4n) is 2.11. The van der Waals surface area contributed by atoms with E-state index in [1.54, 1.807) is 6.07 Å². The minimum absolute atomic E-state index is 0.170. The summed E-state index contributed by atoms with van der Waals surface area (Å²) < 4.78 is 5.76. The predicted molar refractivity (Wildman–Crippen MR) is 98.9 cm³/mol. The van der Waals surface area contributed by atoms with Gasteiger partial charge >= 0.3 is 0 Å². The number of nitrogens with one attached hydrogen (secondary N) is 2. The van der Waals surface area contributed by atoms with Gasteiger partial charge in [0.2, 0.25) is 0 Å². The lowest BCUT2D eigenvalue weighted by Crippen LogP contribution is -2.28. The van der Waals surface area contributed by atoms with Gasteiger partial charge in [-0.05, 0) is 35.4 Å². The summed E-state index contributed by atoms with van der Waals surface area (Å²) in [5.41, 5.74) is 2.17. The van der Waals surface area contributed by atoms with Gasteiger partial charge in [-0.2, -0.15) is 0 Å². The van der Waals surface area contributed by atoms with Crippen LogP contribution in [0.2, 0.25) is 10.0 Å². The number of hydrogen-bond acceptors (Lipinski definition) is 4. The third-order valence-corrected chi connectivity index (χ3v) is 4.15. The van der Waals surface area contributed by atoms with E-state index in [0.717, 1.165) is 30.9 Å². The third kappa shape index (κ3) is 6.67. The average molecular weight is 369 g/mol. The zero-order valence-electron chi connectivity index (χ0n) is 13.4. The molecule has 6 heteroatoms. The van der Waals surface area contributed by atoms with Gasteiger partial charge in [-0.1, -0.05) is 41.4 Å². The Morgan fingerprint density at radius 3 is 2.25 bits per heavy atom. The highest BCUT2D eigenvalue weighted by atomic mass is 35.5. The standard InChI is InChI=1S/C18H22Cl2N2O2/c19-17-6-3-15(11-18(17)20)13-24-16-4-1-14(2-5-16)12-22-8-7-21-9-10-23/h1-6,11,21-23H,7-10,12-13H2. The first-order chi connectivity index (χ1) is 11.7. The number of rotatable bonds is 10. The molecule has 0 fully saturated rings. The largest absolute Gasteiger partial charge is 0.489 e. The molecule has 0 heterocycles. The Labute approximate surface area is 152 Å². The van der Waals surface area contributed by atoms with Gasteiger partial charge in [0, 0.05) is 26.2 Å². The Kier molecular flexibility index (Phi) is 8.36. The second-order valence-corrected chi connectivity index (χ2v) is 6.15. The smallest absolute Gasteiger partial charge is 0.119 e. The molecule has 0 unspecified atom stereocenters. The van der Waals surface area contributed by atoms with E-state index in [-0.39, 0.29) is 6.61 Å². The zero-order valence-corrected chi connectivity index (χ0v) is 14.9. The molecule has 0 saturated carbocycles. The number of benzene rings is 2. The molecule has 0 aliphatic carbocycles. The molecule has 0 aliphatic heterocycles. The van der Waals surface area contributed by atoms with Crippen molar-refractivity contribution in [3.05, 3.63) is 63.6 Å². The molecule has 2 aromatic carbocycles. The first kappa shape index (κ1) is 19.0. The third-order valence-electron chi connectivity index (χ3n) is 3.41. The lowest BCUT2D eigenvalue weighted by Gasteiger charge is -2.09. The number of aliphatic hydroxyl groups is 1. The number of halogens is 2. The molecule has 0 spiro atoms. The van der Waals surface area contributed by atoms with Crippen LogP contribution in [0.5, 0.6) is 5.75 Å². The molecule has 0 aliphatic rings. The fraction of sp³-hybridized carbons (Fsp3) is 0.333. The highest BCUT2D eigenvalue weighted by Gasteiger charge is 2.01. The molecule has 0 atom stereocenters. The quantitative estimate of drug-likeness (QED) is 0.563. The summed E-state index contributed by atoms with van der Waals surface area (Å²) >= 11 is 11.9. The van der Waals surface area contributed by atoms with Crippen LogP contribution < -0.4 is 15.4 Å². The van der Waals surface area contributed by atoms with Gasteiger partial charge < -0.3 is 20.5 Å². The van der Waals surface area contributed by atoms with Crippen molar-refractivity contribution in [3.63, 3.8) is 0 Å². The van der Waals surface area contributed by atoms with Crippen LogP contribution in [0, 0.1) is 0 Å². The molecule has 2 aromatic rings. The Balaban J connectivity index is 1.72. The van der Waals surface area contributed by atoms with Crippen molar-refractivity contribution >= 4 is 23.2 Å². The van der Waals surface area contributed by atoms with Crippen molar-refractivity contribution in [2.24, 2.45) is 0 Å². The normalized spacial score (nSPS) is 10.8. The van der Waals surface area contributed by atoms with E-state index in [0.29, 0.717) is 23.2 Å². The molecule has 24 heavy (non-hydrogen) atoms. The Morgan fingerprint density at radius 2 is 1.54 bits per heavy atom. The monoisotopic (exact) mass is 368 g/mol. The molecule has 130 valence electrons. The van der Waals surface area contributed by atoms with Crippen molar-refractivity contribution < 1.29 is 9.84 Å². The van der Waals surface area contributed by atoms with Crippen LogP contribution >= 0.6 is 23.2 Å². The summed E-state index contributed by atoms with van der Waals surface area (Å²) in [4.78, 5) is 0. The van der Waals surface area contributed by atoms with Crippen LogP contribution in [0.25, 0.3) is 0 Å². The maximum absolute atomic E-state index is 8.66. The van der Waals surface area contributed by atoms with Gasteiger partial charge in [-0.25, -0.2) is 0 Å². The van der Waals surface area contributed by atoms with E-state index in [1.165, 1.54) is 5.56 Å². The van der Waals surface area contributed by atoms with Gasteiger partial charge in [-0.3, -0.25) is 0 Å². The first-order valence-corrected chi connectivity index (χ1v) is 8.62. The van der Waals surface area contributed by atoms with Crippen LogP contribution in [-0.4, -0.2) is 31.3 Å². The van der Waals surface area contributed by atoms with E-state index in [9.17, 15) is 0 Å².